The fourth-order valence-corrected chi connectivity index (χ4v) is 1.75. The first-order valence-electron chi connectivity index (χ1n) is 6.22. The molecule has 0 amide bonds. The number of rotatable bonds is 8. The Morgan fingerprint density at radius 1 is 1.44 bits per heavy atom. The van der Waals surface area contributed by atoms with Crippen molar-refractivity contribution in [1.82, 2.24) is 5.32 Å². The van der Waals surface area contributed by atoms with Crippen molar-refractivity contribution < 1.29 is 14.6 Å². The van der Waals surface area contributed by atoms with E-state index in [4.69, 9.17) is 9.84 Å². The van der Waals surface area contributed by atoms with Crippen LogP contribution in [0.25, 0.3) is 0 Å². The minimum absolute atomic E-state index is 0.241. The first-order chi connectivity index (χ1) is 8.63. The van der Waals surface area contributed by atoms with E-state index in [1.807, 2.05) is 18.2 Å². The normalized spacial score (nSPS) is 12.1. The molecule has 0 bridgehead atoms. The Hall–Kier alpha value is -1.55. The highest BCUT2D eigenvalue weighted by Gasteiger charge is 2.05. The molecule has 1 unspecified atom stereocenters. The summed E-state index contributed by atoms with van der Waals surface area (Å²) < 4.78 is 5.18. The number of carbonyl (C=O) groups is 1. The summed E-state index contributed by atoms with van der Waals surface area (Å²) in [7, 11) is 1.66. The molecule has 0 aliphatic heterocycles. The smallest absolute Gasteiger partial charge is 0.303 e. The molecule has 1 aromatic rings. The van der Waals surface area contributed by atoms with Gasteiger partial charge in [-0.25, -0.2) is 0 Å². The third-order valence-corrected chi connectivity index (χ3v) is 2.86. The van der Waals surface area contributed by atoms with Crippen molar-refractivity contribution in [3.05, 3.63) is 29.8 Å². The van der Waals surface area contributed by atoms with Crippen LogP contribution in [0.2, 0.25) is 0 Å². The predicted octanol–water partition coefficient (Wildman–Crippen LogP) is 2.60. The highest BCUT2D eigenvalue weighted by molar-refractivity contribution is 5.66. The van der Waals surface area contributed by atoms with Gasteiger partial charge >= 0.3 is 5.97 Å². The van der Waals surface area contributed by atoms with E-state index in [0.29, 0.717) is 6.42 Å². The number of hydrogen-bond donors (Lipinski definition) is 2. The monoisotopic (exact) mass is 251 g/mol. The van der Waals surface area contributed by atoms with Gasteiger partial charge in [-0.15, -0.1) is 0 Å². The molecule has 4 nitrogen and oxygen atoms in total. The number of benzene rings is 1. The Bertz CT molecular complexity index is 379. The molecule has 0 saturated carbocycles. The number of methoxy groups -OCH3 is 1. The van der Waals surface area contributed by atoms with Gasteiger partial charge in [0.05, 0.1) is 7.11 Å². The number of nitrogens with one attached hydrogen (secondary N) is 1. The molecule has 1 atom stereocenters. The van der Waals surface area contributed by atoms with Crippen molar-refractivity contribution in [3.63, 3.8) is 0 Å². The van der Waals surface area contributed by atoms with Crippen LogP contribution in [0.1, 0.15) is 37.8 Å². The van der Waals surface area contributed by atoms with E-state index in [1.165, 1.54) is 5.56 Å². The number of carboxylic acid groups (broad SMARTS) is 1. The van der Waals surface area contributed by atoms with Crippen molar-refractivity contribution in [2.75, 3.05) is 13.7 Å². The lowest BCUT2D eigenvalue weighted by atomic mass is 10.1. The molecular formula is C14H21NO3. The maximum atomic E-state index is 10.4. The van der Waals surface area contributed by atoms with Gasteiger partial charge in [-0.1, -0.05) is 12.1 Å². The zero-order valence-electron chi connectivity index (χ0n) is 11.0. The standard InChI is InChI=1S/C14H21NO3/c1-11(15-9-4-3-8-14(16)17)12-6-5-7-13(10-12)18-2/h5-7,10-11,15H,3-4,8-9H2,1-2H3,(H,16,17). The quantitative estimate of drug-likeness (QED) is 0.697. The highest BCUT2D eigenvalue weighted by Crippen LogP contribution is 2.18. The number of ether oxygens (including phenoxy) is 1. The van der Waals surface area contributed by atoms with Gasteiger partial charge in [0, 0.05) is 12.5 Å². The fraction of sp³-hybridized carbons (Fsp3) is 0.500. The number of unbranched alkanes of at least 4 members (excludes halogenated alkanes) is 1. The topological polar surface area (TPSA) is 58.6 Å². The molecule has 0 fully saturated rings. The first kappa shape index (κ1) is 14.5. The zero-order valence-corrected chi connectivity index (χ0v) is 11.0. The van der Waals surface area contributed by atoms with Crippen LogP contribution in [0.4, 0.5) is 0 Å². The van der Waals surface area contributed by atoms with Crippen LogP contribution in [0.3, 0.4) is 0 Å². The van der Waals surface area contributed by atoms with Crippen LogP contribution in [0.15, 0.2) is 24.3 Å². The lowest BCUT2D eigenvalue weighted by Crippen LogP contribution is -2.20. The molecule has 0 saturated heterocycles. The van der Waals surface area contributed by atoms with E-state index in [-0.39, 0.29) is 12.5 Å². The first-order valence-corrected chi connectivity index (χ1v) is 6.22. The lowest BCUT2D eigenvalue weighted by Gasteiger charge is -2.14. The Morgan fingerprint density at radius 3 is 2.89 bits per heavy atom. The van der Waals surface area contributed by atoms with Gasteiger partial charge in [0.2, 0.25) is 0 Å². The van der Waals surface area contributed by atoms with Gasteiger partial charge in [-0.2, -0.15) is 0 Å². The van der Waals surface area contributed by atoms with Gasteiger partial charge in [-0.05, 0) is 44.0 Å². The molecule has 0 aromatic heterocycles. The zero-order chi connectivity index (χ0) is 13.4. The molecule has 1 rings (SSSR count). The summed E-state index contributed by atoms with van der Waals surface area (Å²) in [5.74, 6) is 0.128. The molecule has 0 spiro atoms. The van der Waals surface area contributed by atoms with Crippen LogP contribution in [-0.2, 0) is 4.79 Å². The average molecular weight is 251 g/mol. The van der Waals surface area contributed by atoms with E-state index in [9.17, 15) is 4.79 Å². The van der Waals surface area contributed by atoms with Crippen LogP contribution in [0.5, 0.6) is 5.75 Å². The number of aliphatic carboxylic acids is 1. The summed E-state index contributed by atoms with van der Waals surface area (Å²) in [6.45, 7) is 2.91. The predicted molar refractivity (Wildman–Crippen MR) is 70.9 cm³/mol. The van der Waals surface area contributed by atoms with Gasteiger partial charge in [0.15, 0.2) is 0 Å². The van der Waals surface area contributed by atoms with E-state index in [0.717, 1.165) is 18.7 Å². The van der Waals surface area contributed by atoms with Gasteiger partial charge in [0.1, 0.15) is 5.75 Å². The largest absolute Gasteiger partial charge is 0.497 e. The Morgan fingerprint density at radius 2 is 2.22 bits per heavy atom. The Labute approximate surface area is 108 Å². The van der Waals surface area contributed by atoms with E-state index in [2.05, 4.69) is 18.3 Å². The van der Waals surface area contributed by atoms with Crippen LogP contribution in [-0.4, -0.2) is 24.7 Å². The second-order valence-corrected chi connectivity index (χ2v) is 4.30. The summed E-state index contributed by atoms with van der Waals surface area (Å²) in [6.07, 6.45) is 1.84. The van der Waals surface area contributed by atoms with Gasteiger partial charge in [0.25, 0.3) is 0 Å². The van der Waals surface area contributed by atoms with Crippen LogP contribution in [0, 0.1) is 0 Å². The summed E-state index contributed by atoms with van der Waals surface area (Å²) in [6, 6.07) is 8.19. The minimum Gasteiger partial charge on any atom is -0.497 e. The lowest BCUT2D eigenvalue weighted by molar-refractivity contribution is -0.137. The van der Waals surface area contributed by atoms with Crippen molar-refractivity contribution in [2.24, 2.45) is 0 Å². The van der Waals surface area contributed by atoms with Gasteiger partial charge < -0.3 is 15.2 Å². The van der Waals surface area contributed by atoms with E-state index >= 15 is 0 Å². The third-order valence-electron chi connectivity index (χ3n) is 2.86. The van der Waals surface area contributed by atoms with Gasteiger partial charge in [-0.3, -0.25) is 4.79 Å². The molecule has 1 aromatic carbocycles. The number of hydrogen-bond acceptors (Lipinski definition) is 3. The second kappa shape index (κ2) is 7.71. The van der Waals surface area contributed by atoms with Crippen LogP contribution < -0.4 is 10.1 Å². The number of carboxylic acids is 1. The summed E-state index contributed by atoms with van der Waals surface area (Å²) in [5, 5.41) is 11.9. The molecule has 4 heteroatoms. The van der Waals surface area contributed by atoms with Crippen molar-refractivity contribution in [3.8, 4) is 5.75 Å². The highest BCUT2D eigenvalue weighted by atomic mass is 16.5. The van der Waals surface area contributed by atoms with Crippen LogP contribution >= 0.6 is 0 Å². The fourth-order valence-electron chi connectivity index (χ4n) is 1.75. The van der Waals surface area contributed by atoms with E-state index in [1.54, 1.807) is 7.11 Å². The second-order valence-electron chi connectivity index (χ2n) is 4.30. The molecule has 0 heterocycles. The Kier molecular flexibility index (Phi) is 6.22. The SMILES string of the molecule is COc1cccc(C(C)NCCCCC(=O)O)c1. The molecule has 18 heavy (non-hydrogen) atoms. The third kappa shape index (κ3) is 5.19. The Balaban J connectivity index is 2.31. The maximum absolute atomic E-state index is 10.4. The summed E-state index contributed by atoms with van der Waals surface area (Å²) in [4.78, 5) is 10.4. The minimum atomic E-state index is -0.726. The maximum Gasteiger partial charge on any atom is 0.303 e. The average Bonchev–Trinajstić information content (AvgIpc) is 2.37. The molecular weight excluding hydrogens is 230 g/mol. The molecule has 100 valence electrons. The molecule has 0 aliphatic carbocycles. The summed E-state index contributed by atoms with van der Waals surface area (Å²) in [5.41, 5.74) is 1.17. The molecule has 2 N–H and O–H groups in total. The summed E-state index contributed by atoms with van der Waals surface area (Å²) >= 11 is 0. The van der Waals surface area contributed by atoms with Crippen molar-refractivity contribution in [2.45, 2.75) is 32.2 Å². The molecule has 0 radical (unpaired) electrons. The van der Waals surface area contributed by atoms with Crippen molar-refractivity contribution >= 4 is 5.97 Å². The molecule has 0 aliphatic rings. The van der Waals surface area contributed by atoms with E-state index < -0.39 is 5.97 Å². The van der Waals surface area contributed by atoms with Crippen molar-refractivity contribution in [1.29, 1.82) is 0 Å².